The van der Waals surface area contributed by atoms with E-state index in [1.54, 1.807) is 12.3 Å². The second kappa shape index (κ2) is 6.02. The second-order valence-corrected chi connectivity index (χ2v) is 5.93. The van der Waals surface area contributed by atoms with Gasteiger partial charge in [0, 0.05) is 17.4 Å². The van der Waals surface area contributed by atoms with E-state index in [2.05, 4.69) is 19.2 Å². The Labute approximate surface area is 116 Å². The van der Waals surface area contributed by atoms with Crippen LogP contribution in [-0.4, -0.2) is 17.0 Å². The molecule has 0 aliphatic carbocycles. The van der Waals surface area contributed by atoms with Crippen molar-refractivity contribution in [1.82, 2.24) is 9.88 Å². The third-order valence-electron chi connectivity index (χ3n) is 2.95. The Morgan fingerprint density at radius 3 is 2.95 bits per heavy atom. The van der Waals surface area contributed by atoms with Crippen LogP contribution in [0.15, 0.2) is 28.5 Å². The zero-order chi connectivity index (χ0) is 13.8. The minimum Gasteiger partial charge on any atom is -0.355 e. The Morgan fingerprint density at radius 2 is 2.21 bits per heavy atom. The molecule has 0 aromatic carbocycles. The number of fused-ring (bicyclic) bond motifs is 1. The molecule has 19 heavy (non-hydrogen) atoms. The van der Waals surface area contributed by atoms with Gasteiger partial charge in [-0.25, -0.2) is 0 Å². The van der Waals surface area contributed by atoms with Gasteiger partial charge in [-0.15, -0.1) is 11.3 Å². The Hall–Kier alpha value is -1.62. The second-order valence-electron chi connectivity index (χ2n) is 4.98. The van der Waals surface area contributed by atoms with E-state index in [9.17, 15) is 9.59 Å². The molecule has 5 heteroatoms. The van der Waals surface area contributed by atoms with E-state index in [1.807, 2.05) is 11.4 Å². The summed E-state index contributed by atoms with van der Waals surface area (Å²) in [4.78, 5) is 23.8. The number of rotatable bonds is 5. The summed E-state index contributed by atoms with van der Waals surface area (Å²) in [7, 11) is 0. The summed E-state index contributed by atoms with van der Waals surface area (Å²) in [5.74, 6) is 0.447. The number of pyridine rings is 1. The number of nitrogens with zero attached hydrogens (tertiary/aromatic N) is 1. The third-order valence-corrected chi connectivity index (χ3v) is 3.83. The van der Waals surface area contributed by atoms with E-state index in [1.165, 1.54) is 15.9 Å². The highest BCUT2D eigenvalue weighted by Crippen LogP contribution is 2.15. The molecule has 2 aromatic rings. The van der Waals surface area contributed by atoms with Gasteiger partial charge in [0.2, 0.25) is 5.91 Å². The molecule has 0 radical (unpaired) electrons. The Kier molecular flexibility index (Phi) is 4.37. The van der Waals surface area contributed by atoms with Crippen molar-refractivity contribution in [2.24, 2.45) is 5.92 Å². The molecular weight excluding hydrogens is 260 g/mol. The minimum absolute atomic E-state index is 0.0860. The zero-order valence-electron chi connectivity index (χ0n) is 11.2. The van der Waals surface area contributed by atoms with Crippen molar-refractivity contribution >= 4 is 27.3 Å². The zero-order valence-corrected chi connectivity index (χ0v) is 12.0. The summed E-state index contributed by atoms with van der Waals surface area (Å²) < 4.78 is 2.42. The maximum Gasteiger partial charge on any atom is 0.259 e. The van der Waals surface area contributed by atoms with Crippen LogP contribution in [0, 0.1) is 5.92 Å². The lowest BCUT2D eigenvalue weighted by Gasteiger charge is -2.08. The summed E-state index contributed by atoms with van der Waals surface area (Å²) in [5, 5.41) is 5.41. The first-order valence-electron chi connectivity index (χ1n) is 6.41. The van der Waals surface area contributed by atoms with E-state index >= 15 is 0 Å². The van der Waals surface area contributed by atoms with Crippen molar-refractivity contribution in [3.8, 4) is 0 Å². The molecule has 0 aliphatic rings. The van der Waals surface area contributed by atoms with Gasteiger partial charge in [-0.3, -0.25) is 9.59 Å². The number of amides is 1. The maximum absolute atomic E-state index is 12.1. The van der Waals surface area contributed by atoms with Crippen LogP contribution in [0.25, 0.3) is 10.1 Å². The third kappa shape index (κ3) is 3.44. The summed E-state index contributed by atoms with van der Waals surface area (Å²) >= 11 is 1.53. The number of thiophene rings is 1. The van der Waals surface area contributed by atoms with Crippen molar-refractivity contribution < 1.29 is 4.79 Å². The number of carbonyl (C=O) groups is 1. The van der Waals surface area contributed by atoms with Gasteiger partial charge in [-0.05, 0) is 29.9 Å². The van der Waals surface area contributed by atoms with Crippen LogP contribution in [0.3, 0.4) is 0 Å². The molecule has 2 aromatic heterocycles. The van der Waals surface area contributed by atoms with Crippen LogP contribution in [0.1, 0.15) is 20.3 Å². The molecule has 4 nitrogen and oxygen atoms in total. The first-order chi connectivity index (χ1) is 9.08. The van der Waals surface area contributed by atoms with Gasteiger partial charge in [0.1, 0.15) is 6.54 Å². The molecule has 0 unspecified atom stereocenters. The highest BCUT2D eigenvalue weighted by Gasteiger charge is 2.07. The lowest BCUT2D eigenvalue weighted by molar-refractivity contribution is -0.121. The largest absolute Gasteiger partial charge is 0.355 e. The average Bonchev–Trinajstić information content (AvgIpc) is 2.81. The highest BCUT2D eigenvalue weighted by atomic mass is 32.1. The summed E-state index contributed by atoms with van der Waals surface area (Å²) in [6, 6.07) is 3.68. The Balaban J connectivity index is 2.03. The van der Waals surface area contributed by atoms with Crippen molar-refractivity contribution in [1.29, 1.82) is 0 Å². The van der Waals surface area contributed by atoms with Gasteiger partial charge in [0.05, 0.1) is 5.39 Å². The fourth-order valence-corrected chi connectivity index (χ4v) is 2.61. The number of nitrogens with one attached hydrogen (secondary N) is 1. The van der Waals surface area contributed by atoms with E-state index in [0.29, 0.717) is 17.8 Å². The summed E-state index contributed by atoms with van der Waals surface area (Å²) in [6.45, 7) is 4.97. The minimum atomic E-state index is -0.114. The van der Waals surface area contributed by atoms with Crippen LogP contribution >= 0.6 is 11.3 Å². The number of hydrogen-bond donors (Lipinski definition) is 1. The molecule has 1 N–H and O–H groups in total. The molecule has 2 rings (SSSR count). The predicted molar refractivity (Wildman–Crippen MR) is 78.5 cm³/mol. The van der Waals surface area contributed by atoms with Crippen molar-refractivity contribution in [3.63, 3.8) is 0 Å². The standard InChI is InChI=1S/C14H18N2O2S/c1-10(2)3-6-15-13(17)9-16-7-4-12-11(14(16)18)5-8-19-12/h4-5,7-8,10H,3,6,9H2,1-2H3,(H,15,17). The molecule has 1 amide bonds. The molecule has 102 valence electrons. The smallest absolute Gasteiger partial charge is 0.259 e. The normalized spacial score (nSPS) is 11.1. The highest BCUT2D eigenvalue weighted by molar-refractivity contribution is 7.17. The monoisotopic (exact) mass is 278 g/mol. The lowest BCUT2D eigenvalue weighted by atomic mass is 10.1. The molecule has 0 saturated carbocycles. The molecule has 2 heterocycles. The molecule has 0 fully saturated rings. The number of hydrogen-bond acceptors (Lipinski definition) is 3. The van der Waals surface area contributed by atoms with E-state index in [0.717, 1.165) is 11.1 Å². The summed E-state index contributed by atoms with van der Waals surface area (Å²) in [5.41, 5.74) is -0.0993. The summed E-state index contributed by atoms with van der Waals surface area (Å²) in [6.07, 6.45) is 2.63. The number of carbonyl (C=O) groups excluding carboxylic acids is 1. The van der Waals surface area contributed by atoms with E-state index < -0.39 is 0 Å². The molecule has 0 atom stereocenters. The van der Waals surface area contributed by atoms with Gasteiger partial charge in [0.15, 0.2) is 0 Å². The van der Waals surface area contributed by atoms with Crippen LogP contribution in [0.2, 0.25) is 0 Å². The van der Waals surface area contributed by atoms with Crippen LogP contribution in [0.5, 0.6) is 0 Å². The van der Waals surface area contributed by atoms with E-state index in [4.69, 9.17) is 0 Å². The topological polar surface area (TPSA) is 51.1 Å². The molecule has 0 aliphatic heterocycles. The van der Waals surface area contributed by atoms with Crippen molar-refractivity contribution in [3.05, 3.63) is 34.1 Å². The first kappa shape index (κ1) is 13.8. The van der Waals surface area contributed by atoms with Gasteiger partial charge < -0.3 is 9.88 Å². The number of aromatic nitrogens is 1. The Morgan fingerprint density at radius 1 is 1.42 bits per heavy atom. The molecule has 0 saturated heterocycles. The molecule has 0 bridgehead atoms. The lowest BCUT2D eigenvalue weighted by Crippen LogP contribution is -2.32. The fraction of sp³-hybridized carbons (Fsp3) is 0.429. The average molecular weight is 278 g/mol. The maximum atomic E-state index is 12.1. The van der Waals surface area contributed by atoms with Crippen LogP contribution < -0.4 is 10.9 Å². The van der Waals surface area contributed by atoms with Crippen molar-refractivity contribution in [2.45, 2.75) is 26.8 Å². The fourth-order valence-electron chi connectivity index (χ4n) is 1.84. The van der Waals surface area contributed by atoms with E-state index in [-0.39, 0.29) is 18.0 Å². The quantitative estimate of drug-likeness (QED) is 0.911. The van der Waals surface area contributed by atoms with Crippen molar-refractivity contribution in [2.75, 3.05) is 6.54 Å². The van der Waals surface area contributed by atoms with Crippen LogP contribution in [0.4, 0.5) is 0 Å². The molecule has 0 spiro atoms. The van der Waals surface area contributed by atoms with Gasteiger partial charge in [0.25, 0.3) is 5.56 Å². The first-order valence-corrected chi connectivity index (χ1v) is 7.29. The Bertz CT molecular complexity index is 628. The SMILES string of the molecule is CC(C)CCNC(=O)Cn1ccc2sccc2c1=O. The predicted octanol–water partition coefficient (Wildman–Crippen LogP) is 2.23. The van der Waals surface area contributed by atoms with Gasteiger partial charge in [-0.2, -0.15) is 0 Å². The molecular formula is C14H18N2O2S. The van der Waals surface area contributed by atoms with Crippen LogP contribution in [-0.2, 0) is 11.3 Å². The van der Waals surface area contributed by atoms with Gasteiger partial charge in [-0.1, -0.05) is 13.8 Å². The van der Waals surface area contributed by atoms with Gasteiger partial charge >= 0.3 is 0 Å².